The van der Waals surface area contributed by atoms with E-state index < -0.39 is 5.91 Å². The number of rotatable bonds is 3. The van der Waals surface area contributed by atoms with Crippen LogP contribution in [0.1, 0.15) is 16.9 Å². The fourth-order valence-electron chi connectivity index (χ4n) is 1.53. The van der Waals surface area contributed by atoms with Crippen molar-refractivity contribution in [1.29, 1.82) is 0 Å². The van der Waals surface area contributed by atoms with E-state index in [1.54, 1.807) is 0 Å². The summed E-state index contributed by atoms with van der Waals surface area (Å²) in [5, 5.41) is 5.45. The van der Waals surface area contributed by atoms with Crippen molar-refractivity contribution in [1.82, 2.24) is 15.3 Å². The highest BCUT2D eigenvalue weighted by atomic mass is 35.5. The molecule has 17 heavy (non-hydrogen) atoms. The van der Waals surface area contributed by atoms with Gasteiger partial charge in [-0.05, 0) is 18.0 Å². The molecule has 90 valence electrons. The Morgan fingerprint density at radius 2 is 2.35 bits per heavy atom. The molecule has 1 fully saturated rings. The predicted molar refractivity (Wildman–Crippen MR) is 60.6 cm³/mol. The number of nitrogens with one attached hydrogen (secondary N) is 2. The minimum Gasteiger partial charge on any atom is -0.364 e. The molecule has 0 bridgehead atoms. The van der Waals surface area contributed by atoms with Gasteiger partial charge in [0.15, 0.2) is 0 Å². The van der Waals surface area contributed by atoms with Gasteiger partial charge >= 0.3 is 0 Å². The van der Waals surface area contributed by atoms with E-state index in [1.165, 1.54) is 6.07 Å². The van der Waals surface area contributed by atoms with Gasteiger partial charge in [-0.3, -0.25) is 9.59 Å². The van der Waals surface area contributed by atoms with Gasteiger partial charge in [0, 0.05) is 12.6 Å². The van der Waals surface area contributed by atoms with Crippen LogP contribution < -0.4 is 16.4 Å². The van der Waals surface area contributed by atoms with E-state index in [2.05, 4.69) is 20.6 Å². The van der Waals surface area contributed by atoms with Crippen LogP contribution in [0.4, 0.5) is 5.82 Å². The Labute approximate surface area is 102 Å². The van der Waals surface area contributed by atoms with Crippen molar-refractivity contribution in [2.45, 2.75) is 12.5 Å². The molecule has 1 aromatic rings. The van der Waals surface area contributed by atoms with Crippen LogP contribution in [-0.4, -0.2) is 34.4 Å². The molecule has 1 aliphatic heterocycles. The topological polar surface area (TPSA) is 110 Å². The first-order chi connectivity index (χ1) is 8.06. The average Bonchev–Trinajstić information content (AvgIpc) is 2.63. The van der Waals surface area contributed by atoms with Gasteiger partial charge in [0.1, 0.15) is 17.6 Å². The number of primary amides is 1. The van der Waals surface area contributed by atoms with E-state index in [0.717, 1.165) is 0 Å². The first-order valence-electron chi connectivity index (χ1n) is 4.95. The molecule has 1 atom stereocenters. The minimum atomic E-state index is -0.701. The fourth-order valence-corrected chi connectivity index (χ4v) is 1.71. The number of carbonyl (C=O) groups is 2. The molecule has 0 unspecified atom stereocenters. The van der Waals surface area contributed by atoms with Crippen LogP contribution in [0.3, 0.4) is 0 Å². The second kappa shape index (κ2) is 4.54. The van der Waals surface area contributed by atoms with Crippen LogP contribution >= 0.6 is 11.6 Å². The van der Waals surface area contributed by atoms with Gasteiger partial charge in [0.25, 0.3) is 5.91 Å². The molecular weight excluding hydrogens is 246 g/mol. The Kier molecular flexibility index (Phi) is 3.10. The normalized spacial score (nSPS) is 18.9. The van der Waals surface area contributed by atoms with Gasteiger partial charge in [0.05, 0.1) is 0 Å². The number of halogens is 1. The van der Waals surface area contributed by atoms with E-state index in [-0.39, 0.29) is 22.9 Å². The van der Waals surface area contributed by atoms with Gasteiger partial charge in [-0.1, -0.05) is 0 Å². The first kappa shape index (κ1) is 11.6. The van der Waals surface area contributed by atoms with Gasteiger partial charge in [0.2, 0.25) is 11.2 Å². The van der Waals surface area contributed by atoms with E-state index in [1.807, 2.05) is 0 Å². The van der Waals surface area contributed by atoms with Crippen LogP contribution in [0.15, 0.2) is 6.07 Å². The van der Waals surface area contributed by atoms with Gasteiger partial charge in [-0.15, -0.1) is 0 Å². The predicted octanol–water partition coefficient (Wildman–Crippen LogP) is -0.471. The summed E-state index contributed by atoms with van der Waals surface area (Å²) in [7, 11) is 0. The quantitative estimate of drug-likeness (QED) is 0.633. The van der Waals surface area contributed by atoms with Crippen molar-refractivity contribution in [3.63, 3.8) is 0 Å². The maximum atomic E-state index is 11.3. The van der Waals surface area contributed by atoms with Crippen molar-refractivity contribution in [3.05, 3.63) is 17.0 Å². The van der Waals surface area contributed by atoms with Crippen molar-refractivity contribution >= 4 is 29.2 Å². The largest absolute Gasteiger partial charge is 0.364 e. The zero-order valence-corrected chi connectivity index (χ0v) is 9.49. The summed E-state index contributed by atoms with van der Waals surface area (Å²) < 4.78 is 0. The van der Waals surface area contributed by atoms with Crippen LogP contribution in [0.25, 0.3) is 0 Å². The number of carbonyl (C=O) groups excluding carboxylic acids is 2. The van der Waals surface area contributed by atoms with E-state index in [4.69, 9.17) is 17.3 Å². The number of nitrogens with two attached hydrogens (primary N) is 1. The Morgan fingerprint density at radius 1 is 1.59 bits per heavy atom. The van der Waals surface area contributed by atoms with Crippen molar-refractivity contribution in [2.24, 2.45) is 5.73 Å². The number of aromatic nitrogens is 2. The summed E-state index contributed by atoms with van der Waals surface area (Å²) in [4.78, 5) is 29.8. The molecule has 7 nitrogen and oxygen atoms in total. The smallest absolute Gasteiger partial charge is 0.267 e. The molecule has 2 rings (SSSR count). The second-order valence-electron chi connectivity index (χ2n) is 3.55. The third-order valence-electron chi connectivity index (χ3n) is 2.32. The molecule has 2 heterocycles. The summed E-state index contributed by atoms with van der Waals surface area (Å²) in [6.07, 6.45) is 0.645. The first-order valence-corrected chi connectivity index (χ1v) is 5.32. The summed E-state index contributed by atoms with van der Waals surface area (Å²) in [5.41, 5.74) is 5.10. The third kappa shape index (κ3) is 2.62. The molecule has 4 N–H and O–H groups in total. The molecule has 0 spiro atoms. The zero-order chi connectivity index (χ0) is 12.4. The highest BCUT2D eigenvalue weighted by molar-refractivity contribution is 6.28. The summed E-state index contributed by atoms with van der Waals surface area (Å²) in [6.45, 7) is 0.609. The lowest BCUT2D eigenvalue weighted by molar-refractivity contribution is -0.119. The van der Waals surface area contributed by atoms with E-state index >= 15 is 0 Å². The Balaban J connectivity index is 2.20. The standard InChI is InChI=1S/C9H10ClN5O2/c10-9-14-5(7(11)16)3-6(15-9)13-4-1-2-12-8(4)17/h3-4H,1-2H2,(H2,11,16)(H,12,17)(H,13,14,15)/t4-/m0/s1. The SMILES string of the molecule is NC(=O)c1cc(N[C@H]2CCNC2=O)nc(Cl)n1. The Morgan fingerprint density at radius 3 is 2.94 bits per heavy atom. The Hall–Kier alpha value is -1.89. The molecule has 0 radical (unpaired) electrons. The summed E-state index contributed by atoms with van der Waals surface area (Å²) >= 11 is 5.65. The van der Waals surface area contributed by atoms with Crippen molar-refractivity contribution in [3.8, 4) is 0 Å². The van der Waals surface area contributed by atoms with Crippen molar-refractivity contribution < 1.29 is 9.59 Å². The molecule has 0 aliphatic carbocycles. The minimum absolute atomic E-state index is 0.00547. The van der Waals surface area contributed by atoms with E-state index in [9.17, 15) is 9.59 Å². The molecule has 1 aliphatic rings. The summed E-state index contributed by atoms with van der Waals surface area (Å²) in [5.74, 6) is -0.505. The highest BCUT2D eigenvalue weighted by Gasteiger charge is 2.24. The number of hydrogen-bond donors (Lipinski definition) is 3. The van der Waals surface area contributed by atoms with Crippen LogP contribution in [0.5, 0.6) is 0 Å². The molecule has 2 amide bonds. The lowest BCUT2D eigenvalue weighted by Gasteiger charge is -2.10. The Bertz CT molecular complexity index is 478. The van der Waals surface area contributed by atoms with Crippen molar-refractivity contribution in [2.75, 3.05) is 11.9 Å². The third-order valence-corrected chi connectivity index (χ3v) is 2.49. The molecule has 1 saturated heterocycles. The van der Waals surface area contributed by atoms with E-state index in [0.29, 0.717) is 18.8 Å². The molecule has 8 heteroatoms. The summed E-state index contributed by atoms with van der Waals surface area (Å²) in [6, 6.07) is 0.987. The number of amides is 2. The van der Waals surface area contributed by atoms with Crippen LogP contribution in [0.2, 0.25) is 5.28 Å². The molecular formula is C9H10ClN5O2. The lowest BCUT2D eigenvalue weighted by Crippen LogP contribution is -2.30. The lowest BCUT2D eigenvalue weighted by atomic mass is 10.2. The highest BCUT2D eigenvalue weighted by Crippen LogP contribution is 2.13. The number of hydrogen-bond acceptors (Lipinski definition) is 5. The molecule has 0 saturated carbocycles. The number of anilines is 1. The molecule has 0 aromatic carbocycles. The maximum absolute atomic E-state index is 11.3. The maximum Gasteiger partial charge on any atom is 0.267 e. The van der Waals surface area contributed by atoms with Gasteiger partial charge < -0.3 is 16.4 Å². The monoisotopic (exact) mass is 255 g/mol. The zero-order valence-electron chi connectivity index (χ0n) is 8.74. The molecule has 1 aromatic heterocycles. The average molecular weight is 256 g/mol. The van der Waals surface area contributed by atoms with Crippen LogP contribution in [-0.2, 0) is 4.79 Å². The number of nitrogens with zero attached hydrogens (tertiary/aromatic N) is 2. The van der Waals surface area contributed by atoms with Gasteiger partial charge in [-0.2, -0.15) is 0 Å². The fraction of sp³-hybridized carbons (Fsp3) is 0.333. The van der Waals surface area contributed by atoms with Crippen LogP contribution in [0, 0.1) is 0 Å². The van der Waals surface area contributed by atoms with Gasteiger partial charge in [-0.25, -0.2) is 9.97 Å². The second-order valence-corrected chi connectivity index (χ2v) is 3.89.